The van der Waals surface area contributed by atoms with Crippen molar-refractivity contribution in [1.82, 2.24) is 5.43 Å². The first kappa shape index (κ1) is 8.57. The van der Waals surface area contributed by atoms with Crippen LogP contribution in [0.5, 0.6) is 0 Å². The van der Waals surface area contributed by atoms with E-state index in [2.05, 4.69) is 11.0 Å². The van der Waals surface area contributed by atoms with E-state index in [1.165, 1.54) is 0 Å². The topological polar surface area (TPSA) is 105 Å². The molecule has 0 aromatic rings. The van der Waals surface area contributed by atoms with E-state index in [-0.39, 0.29) is 0 Å². The van der Waals surface area contributed by atoms with Crippen molar-refractivity contribution in [3.8, 4) is 0 Å². The van der Waals surface area contributed by atoms with Gasteiger partial charge in [-0.1, -0.05) is 0 Å². The number of amides is 1. The summed E-state index contributed by atoms with van der Waals surface area (Å²) in [6.45, 7) is 1.16. The minimum atomic E-state index is -0.907. The van der Waals surface area contributed by atoms with Crippen molar-refractivity contribution in [2.45, 2.75) is 6.92 Å². The number of hydrogen-bond acceptors (Lipinski definition) is 5. The average Bonchev–Trinajstić information content (AvgIpc) is 1.88. The quantitative estimate of drug-likeness (QED) is 0.122. The predicted octanol–water partition coefficient (Wildman–Crippen LogP) is -0.468. The van der Waals surface area contributed by atoms with Crippen molar-refractivity contribution >= 4 is 5.91 Å². The molecule has 0 spiro atoms. The number of hydrazine groups is 1. The molecule has 0 fully saturated rings. The molecule has 0 aliphatic rings. The fraction of sp³-hybridized carbons (Fsp3) is 0.250. The van der Waals surface area contributed by atoms with Crippen molar-refractivity contribution in [3.63, 3.8) is 0 Å². The Morgan fingerprint density at radius 1 is 1.70 bits per heavy atom. The van der Waals surface area contributed by atoms with Gasteiger partial charge in [0.05, 0.1) is 0 Å². The third-order valence-electron chi connectivity index (χ3n) is 0.780. The van der Waals surface area contributed by atoms with Gasteiger partial charge in [-0.2, -0.15) is 0 Å². The Bertz CT molecular complexity index is 182. The van der Waals surface area contributed by atoms with Crippen LogP contribution in [0.1, 0.15) is 6.92 Å². The maximum absolute atomic E-state index is 10.4. The normalized spacial score (nSPS) is 11.8. The Morgan fingerprint density at radius 3 is 2.30 bits per heavy atom. The molecule has 0 saturated heterocycles. The lowest BCUT2D eigenvalue weighted by Gasteiger charge is -1.95. The minimum Gasteiger partial charge on any atom is -0.510 e. The van der Waals surface area contributed by atoms with Crippen LogP contribution in [0.25, 0.3) is 0 Å². The first-order valence-electron chi connectivity index (χ1n) is 2.37. The number of nitrogens with two attached hydrogens (primary N) is 1. The Labute approximate surface area is 56.7 Å². The number of aliphatic hydroxyl groups is 1. The SMILES string of the molecule is CC(O)=C(N=O)C(=O)NN. The molecule has 0 aliphatic carbocycles. The molecule has 6 heteroatoms. The van der Waals surface area contributed by atoms with Gasteiger partial charge in [0, 0.05) is 0 Å². The summed E-state index contributed by atoms with van der Waals surface area (Å²) < 4.78 is 0. The summed E-state index contributed by atoms with van der Waals surface area (Å²) in [5.74, 6) is 3.27. The fourth-order valence-corrected chi connectivity index (χ4v) is 0.340. The monoisotopic (exact) mass is 145 g/mol. The lowest BCUT2D eigenvalue weighted by atomic mass is 10.4. The van der Waals surface area contributed by atoms with E-state index in [1.807, 2.05) is 0 Å². The van der Waals surface area contributed by atoms with E-state index < -0.39 is 17.4 Å². The maximum atomic E-state index is 10.4. The number of nitrogens with one attached hydrogen (secondary N) is 1. The van der Waals surface area contributed by atoms with Gasteiger partial charge in [0.15, 0.2) is 0 Å². The highest BCUT2D eigenvalue weighted by atomic mass is 16.3. The molecule has 0 unspecified atom stereocenters. The van der Waals surface area contributed by atoms with E-state index in [0.29, 0.717) is 0 Å². The predicted molar refractivity (Wildman–Crippen MR) is 33.5 cm³/mol. The fourth-order valence-electron chi connectivity index (χ4n) is 0.340. The second-order valence-electron chi connectivity index (χ2n) is 1.50. The Balaban J connectivity index is 4.53. The number of nitroso groups, excluding NO2 is 1. The van der Waals surface area contributed by atoms with Crippen molar-refractivity contribution in [1.29, 1.82) is 0 Å². The number of hydrogen-bond donors (Lipinski definition) is 3. The number of rotatable bonds is 2. The van der Waals surface area contributed by atoms with Crippen LogP contribution in [0.3, 0.4) is 0 Å². The van der Waals surface area contributed by atoms with E-state index in [9.17, 15) is 9.70 Å². The van der Waals surface area contributed by atoms with Gasteiger partial charge in [-0.25, -0.2) is 5.84 Å². The van der Waals surface area contributed by atoms with Gasteiger partial charge in [-0.3, -0.25) is 10.2 Å². The van der Waals surface area contributed by atoms with Crippen LogP contribution in [-0.4, -0.2) is 11.0 Å². The van der Waals surface area contributed by atoms with Gasteiger partial charge >= 0.3 is 0 Å². The second kappa shape index (κ2) is 3.57. The third kappa shape index (κ3) is 1.82. The number of aliphatic hydroxyl groups excluding tert-OH is 1. The van der Waals surface area contributed by atoms with Gasteiger partial charge in [0.2, 0.25) is 5.70 Å². The first-order chi connectivity index (χ1) is 4.63. The zero-order chi connectivity index (χ0) is 8.15. The summed E-state index contributed by atoms with van der Waals surface area (Å²) in [6, 6.07) is 0. The molecule has 4 N–H and O–H groups in total. The Hall–Kier alpha value is -1.43. The van der Waals surface area contributed by atoms with Crippen LogP contribution in [0.4, 0.5) is 0 Å². The van der Waals surface area contributed by atoms with E-state index in [4.69, 9.17) is 5.11 Å². The molecular weight excluding hydrogens is 138 g/mol. The summed E-state index contributed by atoms with van der Waals surface area (Å²) in [6.07, 6.45) is 0. The third-order valence-corrected chi connectivity index (χ3v) is 0.780. The van der Waals surface area contributed by atoms with E-state index in [0.717, 1.165) is 6.92 Å². The summed E-state index contributed by atoms with van der Waals surface area (Å²) >= 11 is 0. The molecule has 0 bridgehead atoms. The van der Waals surface area contributed by atoms with Gasteiger partial charge in [-0.05, 0) is 12.1 Å². The van der Waals surface area contributed by atoms with Gasteiger partial charge < -0.3 is 5.11 Å². The summed E-state index contributed by atoms with van der Waals surface area (Å²) in [5.41, 5.74) is 1.04. The average molecular weight is 145 g/mol. The highest BCUT2D eigenvalue weighted by molar-refractivity contribution is 5.92. The van der Waals surface area contributed by atoms with Gasteiger partial charge in [0.1, 0.15) is 5.76 Å². The second-order valence-corrected chi connectivity index (χ2v) is 1.50. The Morgan fingerprint density at radius 2 is 2.20 bits per heavy atom. The van der Waals surface area contributed by atoms with Crippen LogP contribution >= 0.6 is 0 Å². The van der Waals surface area contributed by atoms with Crippen molar-refractivity contribution in [3.05, 3.63) is 16.4 Å². The highest BCUT2D eigenvalue weighted by Gasteiger charge is 2.11. The molecule has 10 heavy (non-hydrogen) atoms. The molecule has 0 heterocycles. The van der Waals surface area contributed by atoms with Crippen LogP contribution in [0, 0.1) is 4.91 Å². The molecule has 0 aromatic heterocycles. The number of allylic oxidation sites excluding steroid dienone is 1. The van der Waals surface area contributed by atoms with E-state index in [1.54, 1.807) is 5.43 Å². The van der Waals surface area contributed by atoms with E-state index >= 15 is 0 Å². The Kier molecular flexibility index (Phi) is 3.06. The maximum Gasteiger partial charge on any atom is 0.290 e. The highest BCUT2D eigenvalue weighted by Crippen LogP contribution is 2.00. The number of carbonyl (C=O) groups excluding carboxylic acids is 1. The lowest BCUT2D eigenvalue weighted by Crippen LogP contribution is -2.31. The molecule has 0 atom stereocenters. The van der Waals surface area contributed by atoms with Gasteiger partial charge in [-0.15, -0.1) is 4.91 Å². The molecule has 0 rings (SSSR count). The molecule has 0 aliphatic heterocycles. The summed E-state index contributed by atoms with van der Waals surface area (Å²) in [5, 5.41) is 10.8. The largest absolute Gasteiger partial charge is 0.510 e. The lowest BCUT2D eigenvalue weighted by molar-refractivity contribution is -0.117. The van der Waals surface area contributed by atoms with Gasteiger partial charge in [0.25, 0.3) is 5.91 Å². The molecule has 0 saturated carbocycles. The molecule has 1 amide bonds. The number of carbonyl (C=O) groups is 1. The zero-order valence-electron chi connectivity index (χ0n) is 5.29. The van der Waals surface area contributed by atoms with Crippen molar-refractivity contribution in [2.24, 2.45) is 11.0 Å². The number of nitrogens with zero attached hydrogens (tertiary/aromatic N) is 1. The summed E-state index contributed by atoms with van der Waals surface area (Å²) in [4.78, 5) is 20.2. The molecule has 6 nitrogen and oxygen atoms in total. The minimum absolute atomic E-state index is 0.460. The molecule has 0 aromatic carbocycles. The molecule has 0 radical (unpaired) electrons. The molecule has 56 valence electrons. The van der Waals surface area contributed by atoms with Crippen LogP contribution in [-0.2, 0) is 4.79 Å². The van der Waals surface area contributed by atoms with Crippen molar-refractivity contribution in [2.75, 3.05) is 0 Å². The first-order valence-corrected chi connectivity index (χ1v) is 2.37. The van der Waals surface area contributed by atoms with Crippen LogP contribution < -0.4 is 11.3 Å². The van der Waals surface area contributed by atoms with Crippen LogP contribution in [0.15, 0.2) is 16.6 Å². The molecular formula is C4H7N3O3. The van der Waals surface area contributed by atoms with Crippen LogP contribution in [0.2, 0.25) is 0 Å². The van der Waals surface area contributed by atoms with Crippen molar-refractivity contribution < 1.29 is 9.90 Å². The smallest absolute Gasteiger partial charge is 0.290 e. The summed E-state index contributed by atoms with van der Waals surface area (Å²) in [7, 11) is 0. The zero-order valence-corrected chi connectivity index (χ0v) is 5.29. The standard InChI is InChI=1S/C4H7N3O3/c1-2(8)3(7-10)4(9)6-5/h8H,5H2,1H3,(H,6,9).